The molecule has 2 aromatic carbocycles. The van der Waals surface area contributed by atoms with Crippen molar-refractivity contribution in [3.63, 3.8) is 0 Å². The number of halogens is 1. The minimum absolute atomic E-state index is 0.281. The summed E-state index contributed by atoms with van der Waals surface area (Å²) in [4.78, 5) is 4.98. The summed E-state index contributed by atoms with van der Waals surface area (Å²) in [7, 11) is -1.52. The first-order chi connectivity index (χ1) is 12.9. The van der Waals surface area contributed by atoms with Crippen LogP contribution in [0.5, 0.6) is 0 Å². The van der Waals surface area contributed by atoms with Crippen LogP contribution in [-0.2, 0) is 16.6 Å². The Morgan fingerprint density at radius 1 is 1.00 bits per heavy atom. The number of hydrogen-bond acceptors (Lipinski definition) is 4. The van der Waals surface area contributed by atoms with Crippen LogP contribution in [0.4, 0.5) is 0 Å². The van der Waals surface area contributed by atoms with E-state index >= 15 is 0 Å². The van der Waals surface area contributed by atoms with Crippen molar-refractivity contribution < 1.29 is 8.42 Å². The largest absolute Gasteiger partial charge is 0.304 e. The van der Waals surface area contributed by atoms with Gasteiger partial charge in [0.1, 0.15) is 0 Å². The highest BCUT2D eigenvalue weighted by atomic mass is 79.9. The molecule has 0 amide bonds. The predicted molar refractivity (Wildman–Crippen MR) is 111 cm³/mol. The van der Waals surface area contributed by atoms with E-state index in [4.69, 9.17) is 0 Å². The molecule has 0 N–H and O–H groups in total. The second-order valence-corrected chi connectivity index (χ2v) is 9.74. The molecule has 4 rings (SSSR count). The van der Waals surface area contributed by atoms with Crippen molar-refractivity contribution in [1.29, 1.82) is 0 Å². The first kappa shape index (κ1) is 18.7. The molecule has 3 aromatic rings. The third-order valence-electron chi connectivity index (χ3n) is 5.10. The molecular formula is C20H22BrN3O2S. The topological polar surface area (TPSA) is 45.5 Å². The van der Waals surface area contributed by atoms with Crippen LogP contribution in [0, 0.1) is 0 Å². The van der Waals surface area contributed by atoms with Crippen LogP contribution in [0.1, 0.15) is 5.56 Å². The first-order valence-electron chi connectivity index (χ1n) is 8.96. The smallest absolute Gasteiger partial charge is 0.268 e. The molecule has 142 valence electrons. The second kappa shape index (κ2) is 7.39. The Hall–Kier alpha value is -1.67. The molecule has 0 saturated carbocycles. The number of piperazine rings is 1. The molecule has 2 heterocycles. The molecule has 1 aromatic heterocycles. The first-order valence-corrected chi connectivity index (χ1v) is 11.2. The lowest BCUT2D eigenvalue weighted by atomic mass is 10.1. The van der Waals surface area contributed by atoms with Gasteiger partial charge in [0.05, 0.1) is 10.4 Å². The third-order valence-corrected chi connectivity index (χ3v) is 7.27. The van der Waals surface area contributed by atoms with Gasteiger partial charge < -0.3 is 4.90 Å². The van der Waals surface area contributed by atoms with E-state index in [0.717, 1.165) is 53.7 Å². The lowest BCUT2D eigenvalue weighted by Crippen LogP contribution is -2.43. The molecule has 1 saturated heterocycles. The van der Waals surface area contributed by atoms with Crippen LogP contribution in [0.2, 0.25) is 0 Å². The van der Waals surface area contributed by atoms with Gasteiger partial charge in [-0.3, -0.25) is 4.90 Å². The molecule has 1 aliphatic rings. The fraction of sp³-hybridized carbons (Fsp3) is 0.300. The lowest BCUT2D eigenvalue weighted by molar-refractivity contribution is 0.148. The SMILES string of the molecule is CN1CCN(Cc2cn(S(=O)(=O)c3cccc(Br)c3)c3ccccc23)CC1. The van der Waals surface area contributed by atoms with E-state index < -0.39 is 10.0 Å². The van der Waals surface area contributed by atoms with Gasteiger partial charge >= 0.3 is 0 Å². The van der Waals surface area contributed by atoms with E-state index in [0.29, 0.717) is 0 Å². The molecule has 0 radical (unpaired) electrons. The van der Waals surface area contributed by atoms with Gasteiger partial charge in [0.15, 0.2) is 0 Å². The minimum atomic E-state index is -3.66. The van der Waals surface area contributed by atoms with E-state index in [2.05, 4.69) is 32.8 Å². The van der Waals surface area contributed by atoms with Gasteiger partial charge in [0.2, 0.25) is 0 Å². The summed E-state index contributed by atoms with van der Waals surface area (Å²) in [6.45, 7) is 4.82. The van der Waals surface area contributed by atoms with Gasteiger partial charge in [-0.25, -0.2) is 12.4 Å². The average molecular weight is 448 g/mol. The molecule has 5 nitrogen and oxygen atoms in total. The number of nitrogens with zero attached hydrogens (tertiary/aromatic N) is 3. The van der Waals surface area contributed by atoms with Crippen LogP contribution in [0.15, 0.2) is 64.1 Å². The van der Waals surface area contributed by atoms with Crippen molar-refractivity contribution in [2.45, 2.75) is 11.4 Å². The van der Waals surface area contributed by atoms with Crippen LogP contribution in [0.3, 0.4) is 0 Å². The van der Waals surface area contributed by atoms with E-state index in [-0.39, 0.29) is 4.90 Å². The van der Waals surface area contributed by atoms with Crippen molar-refractivity contribution >= 4 is 36.9 Å². The van der Waals surface area contributed by atoms with E-state index in [9.17, 15) is 8.42 Å². The summed E-state index contributed by atoms with van der Waals surface area (Å²) in [6.07, 6.45) is 1.79. The molecule has 0 aliphatic carbocycles. The van der Waals surface area contributed by atoms with Gasteiger partial charge in [0, 0.05) is 48.8 Å². The highest BCUT2D eigenvalue weighted by molar-refractivity contribution is 9.10. The number of likely N-dealkylation sites (N-methyl/N-ethyl adjacent to an activating group) is 1. The highest BCUT2D eigenvalue weighted by Crippen LogP contribution is 2.28. The zero-order chi connectivity index (χ0) is 19.0. The summed E-state index contributed by atoms with van der Waals surface area (Å²) >= 11 is 3.37. The Kier molecular flexibility index (Phi) is 5.11. The quantitative estimate of drug-likeness (QED) is 0.614. The average Bonchev–Trinajstić information content (AvgIpc) is 3.03. The Morgan fingerprint density at radius 2 is 1.74 bits per heavy atom. The Bertz CT molecular complexity index is 1070. The number of hydrogen-bond donors (Lipinski definition) is 0. The van der Waals surface area contributed by atoms with Crippen molar-refractivity contribution in [3.05, 3.63) is 64.8 Å². The maximum atomic E-state index is 13.3. The lowest BCUT2D eigenvalue weighted by Gasteiger charge is -2.32. The molecule has 7 heteroatoms. The van der Waals surface area contributed by atoms with Crippen molar-refractivity contribution in [1.82, 2.24) is 13.8 Å². The summed E-state index contributed by atoms with van der Waals surface area (Å²) in [5, 5.41) is 0.995. The summed E-state index contributed by atoms with van der Waals surface area (Å²) in [5.41, 5.74) is 1.77. The van der Waals surface area contributed by atoms with Crippen LogP contribution in [0.25, 0.3) is 10.9 Å². The molecule has 1 fully saturated rings. The second-order valence-electron chi connectivity index (χ2n) is 7.01. The molecule has 0 bridgehead atoms. The van der Waals surface area contributed by atoms with E-state index in [1.165, 1.54) is 3.97 Å². The molecule has 27 heavy (non-hydrogen) atoms. The fourth-order valence-corrected chi connectivity index (χ4v) is 5.52. The van der Waals surface area contributed by atoms with Gasteiger partial charge in [-0.15, -0.1) is 0 Å². The fourth-order valence-electron chi connectivity index (χ4n) is 3.53. The van der Waals surface area contributed by atoms with Gasteiger partial charge in [-0.2, -0.15) is 0 Å². The van der Waals surface area contributed by atoms with Gasteiger partial charge in [-0.1, -0.05) is 40.2 Å². The number of rotatable bonds is 4. The Labute approximate surface area is 168 Å². The summed E-state index contributed by atoms with van der Waals surface area (Å²) < 4.78 is 28.7. The Morgan fingerprint density at radius 3 is 2.48 bits per heavy atom. The molecule has 0 unspecified atom stereocenters. The normalized spacial score (nSPS) is 16.8. The number of para-hydroxylation sites is 1. The highest BCUT2D eigenvalue weighted by Gasteiger charge is 2.23. The van der Waals surface area contributed by atoms with Gasteiger partial charge in [0.25, 0.3) is 10.0 Å². The molecule has 1 aliphatic heterocycles. The summed E-state index contributed by atoms with van der Waals surface area (Å²) in [5.74, 6) is 0. The predicted octanol–water partition coefficient (Wildman–Crippen LogP) is 3.39. The van der Waals surface area contributed by atoms with Crippen LogP contribution < -0.4 is 0 Å². The van der Waals surface area contributed by atoms with E-state index in [1.54, 1.807) is 24.4 Å². The minimum Gasteiger partial charge on any atom is -0.304 e. The summed E-state index contributed by atoms with van der Waals surface area (Å²) in [6, 6.07) is 14.6. The molecule has 0 spiro atoms. The number of benzene rings is 2. The molecular weight excluding hydrogens is 426 g/mol. The van der Waals surface area contributed by atoms with Crippen molar-refractivity contribution in [2.24, 2.45) is 0 Å². The third kappa shape index (κ3) is 3.69. The van der Waals surface area contributed by atoms with Crippen molar-refractivity contribution in [3.8, 4) is 0 Å². The zero-order valence-corrected chi connectivity index (χ0v) is 17.6. The van der Waals surface area contributed by atoms with E-state index in [1.807, 2.05) is 30.3 Å². The van der Waals surface area contributed by atoms with Crippen LogP contribution >= 0.6 is 15.9 Å². The maximum Gasteiger partial charge on any atom is 0.268 e. The van der Waals surface area contributed by atoms with Crippen molar-refractivity contribution in [2.75, 3.05) is 33.2 Å². The number of aromatic nitrogens is 1. The Balaban J connectivity index is 1.76. The standard InChI is InChI=1S/C20H22BrN3O2S/c1-22-9-11-23(12-10-22)14-16-15-24(20-8-3-2-7-19(16)20)27(25,26)18-6-4-5-17(21)13-18/h2-8,13,15H,9-12,14H2,1H3. The maximum absolute atomic E-state index is 13.3. The van der Waals surface area contributed by atoms with Crippen LogP contribution in [-0.4, -0.2) is 55.4 Å². The zero-order valence-electron chi connectivity index (χ0n) is 15.2. The van der Waals surface area contributed by atoms with Gasteiger partial charge in [-0.05, 0) is 36.9 Å². The monoisotopic (exact) mass is 447 g/mol. The molecule has 0 atom stereocenters. The number of fused-ring (bicyclic) bond motifs is 1.